The molecule has 2 N–H and O–H groups in total. The number of aldehydes is 1. The van der Waals surface area contributed by atoms with E-state index in [-0.39, 0.29) is 17.8 Å². The normalized spacial score (nSPS) is 18.2. The molecule has 2 atom stereocenters. The van der Waals surface area contributed by atoms with E-state index in [1.165, 1.54) is 0 Å². The predicted molar refractivity (Wildman–Crippen MR) is 106 cm³/mol. The van der Waals surface area contributed by atoms with Gasteiger partial charge in [0.2, 0.25) is 0 Å². The van der Waals surface area contributed by atoms with Crippen molar-refractivity contribution in [1.82, 2.24) is 10.6 Å². The van der Waals surface area contributed by atoms with Gasteiger partial charge in [-0.2, -0.15) is 0 Å². The average Bonchev–Trinajstić information content (AvgIpc) is 3.02. The minimum atomic E-state index is -0.525. The second-order valence-electron chi connectivity index (χ2n) is 7.57. The molecule has 0 unspecified atom stereocenters. The topological polar surface area (TPSA) is 89.8 Å². The number of carbonyl (C=O) groups is 2. The van der Waals surface area contributed by atoms with Crippen molar-refractivity contribution < 1.29 is 23.5 Å². The summed E-state index contributed by atoms with van der Waals surface area (Å²) in [7, 11) is 0. The van der Waals surface area contributed by atoms with Crippen LogP contribution < -0.4 is 15.4 Å². The van der Waals surface area contributed by atoms with Crippen molar-refractivity contribution in [2.24, 2.45) is 5.92 Å². The first-order valence-electron chi connectivity index (χ1n) is 9.72. The molecule has 0 bridgehead atoms. The Labute approximate surface area is 164 Å². The Kier molecular flexibility index (Phi) is 6.70. The molecule has 2 aromatic rings. The number of amides is 1. The highest BCUT2D eigenvalue weighted by Crippen LogP contribution is 2.29. The molecule has 0 aliphatic carbocycles. The van der Waals surface area contributed by atoms with Gasteiger partial charge < -0.3 is 29.3 Å². The van der Waals surface area contributed by atoms with E-state index < -0.39 is 6.04 Å². The number of hydrogen-bond acceptors (Lipinski definition) is 6. The van der Waals surface area contributed by atoms with Crippen molar-refractivity contribution in [2.45, 2.75) is 39.3 Å². The maximum Gasteiger partial charge on any atom is 0.287 e. The third-order valence-electron chi connectivity index (χ3n) is 4.76. The molecule has 1 aromatic carbocycles. The van der Waals surface area contributed by atoms with E-state index in [2.05, 4.69) is 10.6 Å². The highest BCUT2D eigenvalue weighted by atomic mass is 16.5. The monoisotopic (exact) mass is 388 g/mol. The molecule has 0 radical (unpaired) electrons. The molecule has 1 amide bonds. The lowest BCUT2D eigenvalue weighted by Gasteiger charge is -2.23. The van der Waals surface area contributed by atoms with Crippen LogP contribution in [0.3, 0.4) is 0 Å². The summed E-state index contributed by atoms with van der Waals surface area (Å²) in [4.78, 5) is 23.8. The standard InChI is InChI=1S/C21H28N2O5/c1-13(2)8-15(11-24)23-21(25)20-14(3)18-9-16(4-5-19(18)28-20)27-12-17-10-22-6-7-26-17/h4-5,9,11,13,15,17,22H,6-8,10,12H2,1-3H3,(H,23,25)/t15-,17+/m0/s1. The van der Waals surface area contributed by atoms with Gasteiger partial charge in [-0.25, -0.2) is 0 Å². The number of carbonyl (C=O) groups excluding carboxylic acids is 2. The lowest BCUT2D eigenvalue weighted by Crippen LogP contribution is -2.41. The van der Waals surface area contributed by atoms with Gasteiger partial charge >= 0.3 is 0 Å². The lowest BCUT2D eigenvalue weighted by molar-refractivity contribution is -0.109. The van der Waals surface area contributed by atoms with E-state index in [1.807, 2.05) is 32.9 Å². The van der Waals surface area contributed by atoms with Crippen LogP contribution in [-0.2, 0) is 9.53 Å². The van der Waals surface area contributed by atoms with Crippen LogP contribution in [0.2, 0.25) is 0 Å². The van der Waals surface area contributed by atoms with E-state index in [1.54, 1.807) is 6.07 Å². The molecule has 0 saturated carbocycles. The van der Waals surface area contributed by atoms with Gasteiger partial charge in [0.25, 0.3) is 5.91 Å². The molecule has 7 nitrogen and oxygen atoms in total. The van der Waals surface area contributed by atoms with Gasteiger partial charge in [0.1, 0.15) is 30.3 Å². The van der Waals surface area contributed by atoms with Crippen LogP contribution in [0.1, 0.15) is 36.4 Å². The van der Waals surface area contributed by atoms with Crippen molar-refractivity contribution in [3.05, 3.63) is 29.5 Å². The summed E-state index contributed by atoms with van der Waals surface area (Å²) in [5, 5.41) is 6.83. The molecule has 0 spiro atoms. The smallest absolute Gasteiger partial charge is 0.287 e. The van der Waals surface area contributed by atoms with Crippen LogP contribution in [0.4, 0.5) is 0 Å². The van der Waals surface area contributed by atoms with E-state index in [4.69, 9.17) is 13.9 Å². The van der Waals surface area contributed by atoms with E-state index in [0.29, 0.717) is 36.9 Å². The molecule has 1 aromatic heterocycles. The van der Waals surface area contributed by atoms with Crippen LogP contribution in [0.5, 0.6) is 5.75 Å². The van der Waals surface area contributed by atoms with Crippen LogP contribution in [0.25, 0.3) is 11.0 Å². The maximum atomic E-state index is 12.6. The number of benzene rings is 1. The zero-order chi connectivity index (χ0) is 20.1. The number of hydrogen-bond donors (Lipinski definition) is 2. The number of furan rings is 1. The number of fused-ring (bicyclic) bond motifs is 1. The first-order valence-corrected chi connectivity index (χ1v) is 9.72. The molecule has 152 valence electrons. The molecule has 1 aliphatic rings. The zero-order valence-electron chi connectivity index (χ0n) is 16.6. The highest BCUT2D eigenvalue weighted by molar-refractivity contribution is 6.00. The largest absolute Gasteiger partial charge is 0.491 e. The number of morpholine rings is 1. The van der Waals surface area contributed by atoms with Gasteiger partial charge in [-0.15, -0.1) is 0 Å². The Morgan fingerprint density at radius 1 is 1.43 bits per heavy atom. The highest BCUT2D eigenvalue weighted by Gasteiger charge is 2.21. The third-order valence-corrected chi connectivity index (χ3v) is 4.76. The van der Waals surface area contributed by atoms with Crippen molar-refractivity contribution >= 4 is 23.2 Å². The molecule has 7 heteroatoms. The summed E-state index contributed by atoms with van der Waals surface area (Å²) >= 11 is 0. The van der Waals surface area contributed by atoms with Gasteiger partial charge in [0.05, 0.1) is 12.6 Å². The molecule has 2 heterocycles. The first-order chi connectivity index (χ1) is 13.5. The Bertz CT molecular complexity index is 824. The van der Waals surface area contributed by atoms with E-state index >= 15 is 0 Å². The Balaban J connectivity index is 1.71. The van der Waals surface area contributed by atoms with Gasteiger partial charge in [0.15, 0.2) is 5.76 Å². The second-order valence-corrected chi connectivity index (χ2v) is 7.57. The number of rotatable bonds is 8. The molecule has 1 saturated heterocycles. The molecule has 1 aliphatic heterocycles. The fourth-order valence-corrected chi connectivity index (χ4v) is 3.31. The number of nitrogens with one attached hydrogen (secondary N) is 2. The minimum absolute atomic E-state index is 0.0254. The molecule has 3 rings (SSSR count). The molecule has 28 heavy (non-hydrogen) atoms. The fourth-order valence-electron chi connectivity index (χ4n) is 3.31. The Morgan fingerprint density at radius 2 is 2.25 bits per heavy atom. The summed E-state index contributed by atoms with van der Waals surface area (Å²) in [6.45, 7) is 8.62. The maximum absolute atomic E-state index is 12.6. The van der Waals surface area contributed by atoms with Crippen LogP contribution in [-0.4, -0.2) is 50.6 Å². The fraction of sp³-hybridized carbons (Fsp3) is 0.524. The summed E-state index contributed by atoms with van der Waals surface area (Å²) in [5.74, 6) is 0.844. The predicted octanol–water partition coefficient (Wildman–Crippen LogP) is 2.45. The third kappa shape index (κ3) is 4.91. The molecular formula is C21H28N2O5. The SMILES string of the molecule is Cc1c(C(=O)N[C@H](C=O)CC(C)C)oc2ccc(OC[C@H]3CNCCO3)cc12. The first kappa shape index (κ1) is 20.4. The summed E-state index contributed by atoms with van der Waals surface area (Å²) in [5.41, 5.74) is 1.33. The van der Waals surface area contributed by atoms with Gasteiger partial charge in [-0.3, -0.25) is 4.79 Å². The summed E-state index contributed by atoms with van der Waals surface area (Å²) in [6, 6.07) is 4.95. The number of aryl methyl sites for hydroxylation is 1. The molecule has 1 fully saturated rings. The van der Waals surface area contributed by atoms with Gasteiger partial charge in [-0.05, 0) is 37.5 Å². The Morgan fingerprint density at radius 3 is 2.93 bits per heavy atom. The lowest BCUT2D eigenvalue weighted by atomic mass is 10.0. The molecular weight excluding hydrogens is 360 g/mol. The quantitative estimate of drug-likeness (QED) is 0.675. The van der Waals surface area contributed by atoms with Crippen molar-refractivity contribution in [2.75, 3.05) is 26.3 Å². The summed E-state index contributed by atoms with van der Waals surface area (Å²) in [6.07, 6.45) is 1.38. The van der Waals surface area contributed by atoms with Crippen LogP contribution in [0, 0.1) is 12.8 Å². The van der Waals surface area contributed by atoms with Crippen LogP contribution >= 0.6 is 0 Å². The summed E-state index contributed by atoms with van der Waals surface area (Å²) < 4.78 is 17.2. The van der Waals surface area contributed by atoms with Crippen molar-refractivity contribution in [1.29, 1.82) is 0 Å². The van der Waals surface area contributed by atoms with Crippen LogP contribution in [0.15, 0.2) is 22.6 Å². The number of ether oxygens (including phenoxy) is 2. The van der Waals surface area contributed by atoms with Gasteiger partial charge in [-0.1, -0.05) is 13.8 Å². The van der Waals surface area contributed by atoms with Crippen molar-refractivity contribution in [3.63, 3.8) is 0 Å². The van der Waals surface area contributed by atoms with Crippen molar-refractivity contribution in [3.8, 4) is 5.75 Å². The second kappa shape index (κ2) is 9.21. The van der Waals surface area contributed by atoms with E-state index in [0.717, 1.165) is 30.3 Å². The Hall–Kier alpha value is -2.38. The zero-order valence-corrected chi connectivity index (χ0v) is 16.6. The minimum Gasteiger partial charge on any atom is -0.491 e. The van der Waals surface area contributed by atoms with E-state index in [9.17, 15) is 9.59 Å². The average molecular weight is 388 g/mol. The van der Waals surface area contributed by atoms with Gasteiger partial charge in [0, 0.05) is 24.0 Å².